The Balaban J connectivity index is 1.61. The third-order valence-electron chi connectivity index (χ3n) is 5.60. The van der Waals surface area contributed by atoms with Gasteiger partial charge in [-0.2, -0.15) is 0 Å². The first kappa shape index (κ1) is 19.9. The van der Waals surface area contributed by atoms with Crippen LogP contribution in [0.15, 0.2) is 18.2 Å². The minimum absolute atomic E-state index is 0.0707. The van der Waals surface area contributed by atoms with E-state index in [1.807, 2.05) is 17.0 Å². The third kappa shape index (κ3) is 4.91. The molecule has 27 heavy (non-hydrogen) atoms. The van der Waals surface area contributed by atoms with Gasteiger partial charge >= 0.3 is 0 Å². The fourth-order valence-corrected chi connectivity index (χ4v) is 3.94. The Morgan fingerprint density at radius 3 is 2.59 bits per heavy atom. The van der Waals surface area contributed by atoms with E-state index in [2.05, 4.69) is 4.90 Å². The lowest BCUT2D eigenvalue weighted by Crippen LogP contribution is -2.41. The average Bonchev–Trinajstić information content (AvgIpc) is 3.12. The second-order valence-corrected chi connectivity index (χ2v) is 7.27. The lowest BCUT2D eigenvalue weighted by atomic mass is 9.96. The van der Waals surface area contributed by atoms with Crippen LogP contribution in [-0.2, 0) is 16.0 Å². The molecule has 2 saturated heterocycles. The molecule has 1 amide bonds. The van der Waals surface area contributed by atoms with Crippen molar-refractivity contribution in [2.24, 2.45) is 11.8 Å². The summed E-state index contributed by atoms with van der Waals surface area (Å²) in [5.74, 6) is 1.87. The highest BCUT2D eigenvalue weighted by Crippen LogP contribution is 2.28. The van der Waals surface area contributed by atoms with Gasteiger partial charge in [0, 0.05) is 56.9 Å². The summed E-state index contributed by atoms with van der Waals surface area (Å²) in [6, 6.07) is 5.51. The van der Waals surface area contributed by atoms with Crippen LogP contribution < -0.4 is 9.47 Å². The molecule has 3 rings (SSSR count). The summed E-state index contributed by atoms with van der Waals surface area (Å²) < 4.78 is 16.0. The first-order valence-corrected chi connectivity index (χ1v) is 9.54. The maximum atomic E-state index is 12.9. The van der Waals surface area contributed by atoms with Gasteiger partial charge in [0.2, 0.25) is 5.91 Å². The quantitative estimate of drug-likeness (QED) is 0.751. The number of carbonyl (C=O) groups excluding carboxylic acids is 1. The predicted octanol–water partition coefficient (Wildman–Crippen LogP) is 0.645. The number of methoxy groups -OCH3 is 2. The number of likely N-dealkylation sites (tertiary alicyclic amines) is 1. The number of benzene rings is 1. The van der Waals surface area contributed by atoms with Crippen LogP contribution in [0.3, 0.4) is 0 Å². The molecule has 1 aromatic rings. The van der Waals surface area contributed by atoms with Gasteiger partial charge in [-0.3, -0.25) is 9.69 Å². The summed E-state index contributed by atoms with van der Waals surface area (Å²) in [5, 5.41) is 9.78. The highest BCUT2D eigenvalue weighted by atomic mass is 16.5. The summed E-state index contributed by atoms with van der Waals surface area (Å²) in [4.78, 5) is 17.1. The molecule has 2 atom stereocenters. The zero-order chi connectivity index (χ0) is 19.2. The Morgan fingerprint density at radius 2 is 1.93 bits per heavy atom. The summed E-state index contributed by atoms with van der Waals surface area (Å²) in [7, 11) is 3.20. The molecule has 0 aliphatic carbocycles. The van der Waals surface area contributed by atoms with Gasteiger partial charge in [0.05, 0.1) is 33.9 Å². The zero-order valence-electron chi connectivity index (χ0n) is 16.2. The predicted molar refractivity (Wildman–Crippen MR) is 101 cm³/mol. The first-order chi connectivity index (χ1) is 13.1. The van der Waals surface area contributed by atoms with Gasteiger partial charge in [-0.15, -0.1) is 0 Å². The van der Waals surface area contributed by atoms with Crippen molar-refractivity contribution in [3.05, 3.63) is 23.8 Å². The molecule has 7 nitrogen and oxygen atoms in total. The number of aliphatic hydroxyl groups is 1. The highest BCUT2D eigenvalue weighted by molar-refractivity contribution is 5.80. The summed E-state index contributed by atoms with van der Waals surface area (Å²) in [5.41, 5.74) is 0.848. The van der Waals surface area contributed by atoms with Gasteiger partial charge in [-0.05, 0) is 12.0 Å². The van der Waals surface area contributed by atoms with E-state index in [1.54, 1.807) is 20.3 Å². The van der Waals surface area contributed by atoms with E-state index in [0.29, 0.717) is 30.5 Å². The Hall–Kier alpha value is -1.83. The van der Waals surface area contributed by atoms with Crippen molar-refractivity contribution in [3.63, 3.8) is 0 Å². The van der Waals surface area contributed by atoms with E-state index in [1.165, 1.54) is 0 Å². The number of aliphatic hydroxyl groups excluding tert-OH is 1. The van der Waals surface area contributed by atoms with Gasteiger partial charge in [0.15, 0.2) is 0 Å². The van der Waals surface area contributed by atoms with Crippen LogP contribution in [0.25, 0.3) is 0 Å². The van der Waals surface area contributed by atoms with Crippen molar-refractivity contribution < 1.29 is 24.1 Å². The second kappa shape index (κ2) is 9.39. The number of morpholine rings is 1. The van der Waals surface area contributed by atoms with Crippen molar-refractivity contribution in [1.29, 1.82) is 0 Å². The highest BCUT2D eigenvalue weighted by Gasteiger charge is 2.36. The number of rotatable bonds is 7. The zero-order valence-corrected chi connectivity index (χ0v) is 16.2. The molecule has 2 aliphatic rings. The molecule has 0 radical (unpaired) electrons. The van der Waals surface area contributed by atoms with E-state index in [-0.39, 0.29) is 24.9 Å². The van der Waals surface area contributed by atoms with Gasteiger partial charge in [0.1, 0.15) is 11.5 Å². The monoisotopic (exact) mass is 378 g/mol. The molecule has 0 saturated carbocycles. The first-order valence-electron chi connectivity index (χ1n) is 9.54. The van der Waals surface area contributed by atoms with E-state index in [4.69, 9.17) is 14.2 Å². The van der Waals surface area contributed by atoms with Crippen molar-refractivity contribution in [1.82, 2.24) is 9.80 Å². The van der Waals surface area contributed by atoms with Crippen LogP contribution in [0.5, 0.6) is 11.5 Å². The van der Waals surface area contributed by atoms with Crippen molar-refractivity contribution in [2.45, 2.75) is 6.42 Å². The topological polar surface area (TPSA) is 71.5 Å². The molecule has 1 N–H and O–H groups in total. The van der Waals surface area contributed by atoms with E-state index in [9.17, 15) is 9.90 Å². The van der Waals surface area contributed by atoms with Crippen LogP contribution in [-0.4, -0.2) is 87.6 Å². The summed E-state index contributed by atoms with van der Waals surface area (Å²) in [6.07, 6.45) is 0.287. The Morgan fingerprint density at radius 1 is 1.19 bits per heavy atom. The molecule has 2 fully saturated rings. The second-order valence-electron chi connectivity index (χ2n) is 7.27. The van der Waals surface area contributed by atoms with E-state index < -0.39 is 0 Å². The Labute approximate surface area is 160 Å². The van der Waals surface area contributed by atoms with Gasteiger partial charge in [-0.25, -0.2) is 0 Å². The number of amides is 1. The van der Waals surface area contributed by atoms with Crippen LogP contribution in [0, 0.1) is 11.8 Å². The third-order valence-corrected chi connectivity index (χ3v) is 5.60. The molecule has 0 spiro atoms. The average molecular weight is 378 g/mol. The molecular formula is C20H30N2O5. The summed E-state index contributed by atoms with van der Waals surface area (Å²) >= 11 is 0. The van der Waals surface area contributed by atoms with Crippen LogP contribution >= 0.6 is 0 Å². The molecular weight excluding hydrogens is 348 g/mol. The number of hydrogen-bond donors (Lipinski definition) is 1. The number of hydrogen-bond acceptors (Lipinski definition) is 6. The number of carbonyl (C=O) groups is 1. The molecule has 2 aliphatic heterocycles. The Kier molecular flexibility index (Phi) is 6.93. The van der Waals surface area contributed by atoms with Gasteiger partial charge < -0.3 is 24.2 Å². The van der Waals surface area contributed by atoms with E-state index >= 15 is 0 Å². The minimum atomic E-state index is 0.0707. The van der Waals surface area contributed by atoms with E-state index in [0.717, 1.165) is 38.4 Å². The largest absolute Gasteiger partial charge is 0.497 e. The molecule has 7 heteroatoms. The number of nitrogens with zero attached hydrogens (tertiary/aromatic N) is 2. The van der Waals surface area contributed by atoms with Crippen molar-refractivity contribution in [2.75, 3.05) is 66.8 Å². The minimum Gasteiger partial charge on any atom is -0.497 e. The lowest BCUT2D eigenvalue weighted by Gasteiger charge is -2.30. The molecule has 1 aromatic carbocycles. The molecule has 0 bridgehead atoms. The smallest absolute Gasteiger partial charge is 0.227 e. The van der Waals surface area contributed by atoms with Crippen LogP contribution in [0.2, 0.25) is 0 Å². The molecule has 0 aromatic heterocycles. The maximum absolute atomic E-state index is 12.9. The molecule has 0 unspecified atom stereocenters. The fourth-order valence-electron chi connectivity index (χ4n) is 3.94. The lowest BCUT2D eigenvalue weighted by molar-refractivity contribution is -0.129. The van der Waals surface area contributed by atoms with Crippen LogP contribution in [0.4, 0.5) is 0 Å². The van der Waals surface area contributed by atoms with Gasteiger partial charge in [0.25, 0.3) is 0 Å². The molecule has 2 heterocycles. The van der Waals surface area contributed by atoms with Gasteiger partial charge in [-0.1, -0.05) is 6.07 Å². The fraction of sp³-hybridized carbons (Fsp3) is 0.650. The maximum Gasteiger partial charge on any atom is 0.227 e. The van der Waals surface area contributed by atoms with Crippen molar-refractivity contribution >= 4 is 5.91 Å². The Bertz CT molecular complexity index is 633. The summed E-state index contributed by atoms with van der Waals surface area (Å²) in [6.45, 7) is 5.70. The van der Waals surface area contributed by atoms with Crippen LogP contribution in [0.1, 0.15) is 5.56 Å². The van der Waals surface area contributed by atoms with Crippen molar-refractivity contribution in [3.8, 4) is 11.5 Å². The molecule has 150 valence electrons. The standard InChI is InChI=1S/C20H30N2O5/c1-25-18-4-3-15(19(10-18)26-2)9-20(24)22-12-16(17(13-22)14-23)11-21-5-7-27-8-6-21/h3-4,10,16-17,23H,5-9,11-14H2,1-2H3/t16-,17-/m1/s1. The normalized spacial score (nSPS) is 23.4. The number of ether oxygens (including phenoxy) is 3. The SMILES string of the molecule is COc1ccc(CC(=O)N2C[C@@H](CN3CCOCC3)[C@@H](CO)C2)c(OC)c1.